The van der Waals surface area contributed by atoms with Gasteiger partial charge in [0.1, 0.15) is 4.60 Å². The van der Waals surface area contributed by atoms with Gasteiger partial charge in [-0.3, -0.25) is 0 Å². The van der Waals surface area contributed by atoms with Gasteiger partial charge in [-0.15, -0.1) is 0 Å². The van der Waals surface area contributed by atoms with Gasteiger partial charge in [-0.1, -0.05) is 6.07 Å². The molecule has 16 heavy (non-hydrogen) atoms. The molecule has 1 aliphatic heterocycles. The number of rotatable bonds is 3. The highest BCUT2D eigenvalue weighted by Crippen LogP contribution is 2.17. The van der Waals surface area contributed by atoms with Gasteiger partial charge in [0.15, 0.2) is 14.9 Å². The molecule has 1 atom stereocenters. The highest BCUT2D eigenvalue weighted by atomic mass is 79.9. The number of hydrogen-bond donors (Lipinski definition) is 1. The first-order valence-corrected chi connectivity index (χ1v) is 7.58. The van der Waals surface area contributed by atoms with E-state index in [0.29, 0.717) is 4.60 Å². The Bertz CT molecular complexity index is 469. The first kappa shape index (κ1) is 12.0. The van der Waals surface area contributed by atoms with E-state index in [9.17, 15) is 8.42 Å². The van der Waals surface area contributed by atoms with Crippen molar-refractivity contribution in [1.29, 1.82) is 0 Å². The molecule has 0 aliphatic carbocycles. The minimum Gasteiger partial charge on any atom is -0.316 e. The second-order valence-corrected chi connectivity index (χ2v) is 6.73. The van der Waals surface area contributed by atoms with E-state index in [-0.39, 0.29) is 16.7 Å². The SMILES string of the molecule is O=S(=O)(C[C@@H]1CCNC1)c1cccc(Br)n1. The molecular formula is C10H13BrN2O2S. The monoisotopic (exact) mass is 304 g/mol. The maximum Gasteiger partial charge on any atom is 0.195 e. The molecule has 1 aliphatic rings. The number of nitrogens with one attached hydrogen (secondary N) is 1. The van der Waals surface area contributed by atoms with E-state index in [1.807, 2.05) is 0 Å². The molecule has 0 bridgehead atoms. The first-order chi connectivity index (χ1) is 7.58. The van der Waals surface area contributed by atoms with Gasteiger partial charge in [0.2, 0.25) is 0 Å². The Kier molecular flexibility index (Phi) is 3.61. The predicted octanol–water partition coefficient (Wildman–Crippen LogP) is 1.23. The van der Waals surface area contributed by atoms with E-state index in [2.05, 4.69) is 26.2 Å². The Hall–Kier alpha value is -0.460. The zero-order valence-electron chi connectivity index (χ0n) is 8.69. The first-order valence-electron chi connectivity index (χ1n) is 5.14. The van der Waals surface area contributed by atoms with Crippen LogP contribution in [0.2, 0.25) is 0 Å². The highest BCUT2D eigenvalue weighted by Gasteiger charge is 2.24. The summed E-state index contributed by atoms with van der Waals surface area (Å²) in [4.78, 5) is 4.00. The van der Waals surface area contributed by atoms with Crippen molar-refractivity contribution in [2.45, 2.75) is 11.4 Å². The Morgan fingerprint density at radius 3 is 2.94 bits per heavy atom. The van der Waals surface area contributed by atoms with E-state index in [4.69, 9.17) is 0 Å². The van der Waals surface area contributed by atoms with Gasteiger partial charge in [-0.05, 0) is 53.5 Å². The van der Waals surface area contributed by atoms with Crippen LogP contribution in [-0.4, -0.2) is 32.2 Å². The molecule has 1 aromatic heterocycles. The average Bonchev–Trinajstić information content (AvgIpc) is 2.70. The van der Waals surface area contributed by atoms with Crippen LogP contribution in [0.15, 0.2) is 27.8 Å². The molecule has 0 aromatic carbocycles. The Labute approximate surface area is 104 Å². The summed E-state index contributed by atoms with van der Waals surface area (Å²) in [6.07, 6.45) is 0.924. The van der Waals surface area contributed by atoms with Gasteiger partial charge in [-0.2, -0.15) is 0 Å². The Morgan fingerprint density at radius 1 is 1.50 bits per heavy atom. The van der Waals surface area contributed by atoms with Gasteiger partial charge in [0.25, 0.3) is 0 Å². The van der Waals surface area contributed by atoms with Crippen molar-refractivity contribution in [3.63, 3.8) is 0 Å². The highest BCUT2D eigenvalue weighted by molar-refractivity contribution is 9.10. The van der Waals surface area contributed by atoms with Gasteiger partial charge < -0.3 is 5.32 Å². The molecule has 1 aromatic rings. The van der Waals surface area contributed by atoms with Crippen molar-refractivity contribution >= 4 is 25.8 Å². The molecule has 2 heterocycles. The van der Waals surface area contributed by atoms with E-state index < -0.39 is 9.84 Å². The minimum atomic E-state index is -3.25. The lowest BCUT2D eigenvalue weighted by molar-refractivity contribution is 0.567. The lowest BCUT2D eigenvalue weighted by Gasteiger charge is -2.08. The number of hydrogen-bond acceptors (Lipinski definition) is 4. The predicted molar refractivity (Wildman–Crippen MR) is 65.0 cm³/mol. The van der Waals surface area contributed by atoms with Crippen molar-refractivity contribution < 1.29 is 8.42 Å². The van der Waals surface area contributed by atoms with Gasteiger partial charge >= 0.3 is 0 Å². The standard InChI is InChI=1S/C10H13BrN2O2S/c11-9-2-1-3-10(13-9)16(14,15)7-8-4-5-12-6-8/h1-3,8,12H,4-7H2/t8-/m1/s1. The maximum atomic E-state index is 12.0. The fraction of sp³-hybridized carbons (Fsp3) is 0.500. The quantitative estimate of drug-likeness (QED) is 0.853. The van der Waals surface area contributed by atoms with Crippen molar-refractivity contribution in [3.8, 4) is 0 Å². The van der Waals surface area contributed by atoms with Crippen LogP contribution in [0.5, 0.6) is 0 Å². The van der Waals surface area contributed by atoms with Crippen molar-refractivity contribution in [2.24, 2.45) is 5.92 Å². The van der Waals surface area contributed by atoms with Crippen LogP contribution in [0.25, 0.3) is 0 Å². The van der Waals surface area contributed by atoms with E-state index in [0.717, 1.165) is 19.5 Å². The lowest BCUT2D eigenvalue weighted by Crippen LogP contribution is -2.19. The molecule has 2 rings (SSSR count). The zero-order valence-corrected chi connectivity index (χ0v) is 11.1. The number of aromatic nitrogens is 1. The Balaban J connectivity index is 2.18. The Morgan fingerprint density at radius 2 is 2.31 bits per heavy atom. The second-order valence-electron chi connectivity index (χ2n) is 3.94. The topological polar surface area (TPSA) is 59.1 Å². The molecule has 1 N–H and O–H groups in total. The molecule has 4 nitrogen and oxygen atoms in total. The van der Waals surface area contributed by atoms with Crippen LogP contribution in [0.3, 0.4) is 0 Å². The van der Waals surface area contributed by atoms with E-state index in [1.165, 1.54) is 0 Å². The van der Waals surface area contributed by atoms with Crippen LogP contribution in [0.4, 0.5) is 0 Å². The molecule has 1 saturated heterocycles. The molecule has 88 valence electrons. The van der Waals surface area contributed by atoms with Gasteiger partial charge in [0, 0.05) is 0 Å². The average molecular weight is 305 g/mol. The third kappa shape index (κ3) is 2.81. The second kappa shape index (κ2) is 4.81. The molecule has 1 fully saturated rings. The molecular weight excluding hydrogens is 292 g/mol. The van der Waals surface area contributed by atoms with Crippen molar-refractivity contribution in [2.75, 3.05) is 18.8 Å². The maximum absolute atomic E-state index is 12.0. The van der Waals surface area contributed by atoms with Gasteiger partial charge in [-0.25, -0.2) is 13.4 Å². The summed E-state index contributed by atoms with van der Waals surface area (Å²) >= 11 is 3.18. The number of nitrogens with zero attached hydrogens (tertiary/aromatic N) is 1. The molecule has 0 spiro atoms. The van der Waals surface area contributed by atoms with E-state index >= 15 is 0 Å². The third-order valence-electron chi connectivity index (χ3n) is 2.63. The van der Waals surface area contributed by atoms with Crippen LogP contribution in [0.1, 0.15) is 6.42 Å². The number of pyridine rings is 1. The summed E-state index contributed by atoms with van der Waals surface area (Å²) in [6.45, 7) is 1.69. The summed E-state index contributed by atoms with van der Waals surface area (Å²) in [7, 11) is -3.25. The van der Waals surface area contributed by atoms with E-state index in [1.54, 1.807) is 18.2 Å². The number of halogens is 1. The van der Waals surface area contributed by atoms with Crippen LogP contribution < -0.4 is 5.32 Å². The lowest BCUT2D eigenvalue weighted by atomic mass is 10.2. The fourth-order valence-corrected chi connectivity index (χ4v) is 3.88. The van der Waals surface area contributed by atoms with Gasteiger partial charge in [0.05, 0.1) is 5.75 Å². The van der Waals surface area contributed by atoms with Crippen LogP contribution in [-0.2, 0) is 9.84 Å². The molecule has 0 saturated carbocycles. The van der Waals surface area contributed by atoms with Crippen LogP contribution in [0, 0.1) is 5.92 Å². The van der Waals surface area contributed by atoms with Crippen molar-refractivity contribution in [1.82, 2.24) is 10.3 Å². The summed E-state index contributed by atoms with van der Waals surface area (Å²) < 4.78 is 24.6. The number of sulfone groups is 1. The zero-order chi connectivity index (χ0) is 11.6. The summed E-state index contributed by atoms with van der Waals surface area (Å²) in [6, 6.07) is 4.95. The normalized spacial score (nSPS) is 21.2. The molecule has 6 heteroatoms. The summed E-state index contributed by atoms with van der Waals surface area (Å²) in [5.41, 5.74) is 0. The smallest absolute Gasteiger partial charge is 0.195 e. The molecule has 0 unspecified atom stereocenters. The fourth-order valence-electron chi connectivity index (χ4n) is 1.82. The van der Waals surface area contributed by atoms with Crippen LogP contribution >= 0.6 is 15.9 Å². The summed E-state index contributed by atoms with van der Waals surface area (Å²) in [5.74, 6) is 0.398. The third-order valence-corrected chi connectivity index (χ3v) is 4.84. The summed E-state index contributed by atoms with van der Waals surface area (Å²) in [5, 5.41) is 3.32. The molecule has 0 radical (unpaired) electrons. The molecule has 0 amide bonds. The van der Waals surface area contributed by atoms with Crippen molar-refractivity contribution in [3.05, 3.63) is 22.8 Å². The largest absolute Gasteiger partial charge is 0.316 e. The minimum absolute atomic E-state index is 0.161.